The second-order valence-electron chi connectivity index (χ2n) is 6.91. The number of hydrogen-bond acceptors (Lipinski definition) is 0. The van der Waals surface area contributed by atoms with Gasteiger partial charge in [0.05, 0.1) is 0 Å². The van der Waals surface area contributed by atoms with Gasteiger partial charge < -0.3 is 0 Å². The minimum Gasteiger partial charge on any atom is -0.0651 e. The van der Waals surface area contributed by atoms with Crippen LogP contribution in [0.5, 0.6) is 0 Å². The topological polar surface area (TPSA) is 0 Å². The summed E-state index contributed by atoms with van der Waals surface area (Å²) in [7, 11) is 0. The standard InChI is InChI=1S/C19H30/c1-5-15-9-7-11-17(13-15)19(3,4)18-12-8-10-16(6-2)14-18/h7,9,11,13,16,18H,5-6,8,10,12,14H2,1-4H3. The van der Waals surface area contributed by atoms with Crippen molar-refractivity contribution in [2.45, 2.75) is 71.6 Å². The summed E-state index contributed by atoms with van der Waals surface area (Å²) in [5.74, 6) is 1.82. The first-order valence-electron chi connectivity index (χ1n) is 8.17. The van der Waals surface area contributed by atoms with Crippen LogP contribution in [-0.4, -0.2) is 0 Å². The molecule has 1 aliphatic carbocycles. The molecule has 0 heterocycles. The van der Waals surface area contributed by atoms with Gasteiger partial charge in [-0.05, 0) is 47.6 Å². The molecule has 0 amide bonds. The van der Waals surface area contributed by atoms with Crippen LogP contribution in [0.15, 0.2) is 24.3 Å². The number of aryl methyl sites for hydroxylation is 1. The zero-order valence-electron chi connectivity index (χ0n) is 13.2. The molecule has 0 N–H and O–H groups in total. The van der Waals surface area contributed by atoms with Crippen LogP contribution in [0.25, 0.3) is 0 Å². The summed E-state index contributed by atoms with van der Waals surface area (Å²) >= 11 is 0. The van der Waals surface area contributed by atoms with Crippen molar-refractivity contribution >= 4 is 0 Å². The molecule has 0 bridgehead atoms. The van der Waals surface area contributed by atoms with Crippen molar-refractivity contribution in [2.75, 3.05) is 0 Å². The summed E-state index contributed by atoms with van der Waals surface area (Å²) in [6.07, 6.45) is 8.24. The molecule has 1 aliphatic rings. The molecule has 0 heteroatoms. The largest absolute Gasteiger partial charge is 0.0651 e. The predicted molar refractivity (Wildman–Crippen MR) is 84.6 cm³/mol. The Morgan fingerprint density at radius 3 is 2.63 bits per heavy atom. The lowest BCUT2D eigenvalue weighted by Crippen LogP contribution is -2.33. The first-order valence-corrected chi connectivity index (χ1v) is 8.17. The summed E-state index contributed by atoms with van der Waals surface area (Å²) < 4.78 is 0. The molecule has 0 aromatic heterocycles. The van der Waals surface area contributed by atoms with Crippen molar-refractivity contribution in [1.82, 2.24) is 0 Å². The van der Waals surface area contributed by atoms with Crippen LogP contribution in [0.1, 0.15) is 70.9 Å². The molecule has 0 aliphatic heterocycles. The van der Waals surface area contributed by atoms with Gasteiger partial charge in [-0.3, -0.25) is 0 Å². The average molecular weight is 258 g/mol. The van der Waals surface area contributed by atoms with E-state index in [0.29, 0.717) is 5.41 Å². The van der Waals surface area contributed by atoms with Gasteiger partial charge in [0.25, 0.3) is 0 Å². The highest BCUT2D eigenvalue weighted by Gasteiger charge is 2.34. The minimum absolute atomic E-state index is 0.332. The lowest BCUT2D eigenvalue weighted by atomic mass is 9.64. The quantitative estimate of drug-likeness (QED) is 0.645. The summed E-state index contributed by atoms with van der Waals surface area (Å²) in [6, 6.07) is 9.29. The Bertz CT molecular complexity index is 402. The maximum Gasteiger partial charge on any atom is -0.00751 e. The van der Waals surface area contributed by atoms with Crippen molar-refractivity contribution in [3.8, 4) is 0 Å². The Morgan fingerprint density at radius 2 is 1.95 bits per heavy atom. The molecule has 0 saturated heterocycles. The van der Waals surface area contributed by atoms with Gasteiger partial charge >= 0.3 is 0 Å². The van der Waals surface area contributed by atoms with Crippen molar-refractivity contribution in [3.05, 3.63) is 35.4 Å². The van der Waals surface area contributed by atoms with Crippen LogP contribution in [0.3, 0.4) is 0 Å². The second-order valence-corrected chi connectivity index (χ2v) is 6.91. The summed E-state index contributed by atoms with van der Waals surface area (Å²) in [4.78, 5) is 0. The van der Waals surface area contributed by atoms with E-state index in [1.165, 1.54) is 37.7 Å². The van der Waals surface area contributed by atoms with E-state index in [2.05, 4.69) is 52.0 Å². The third-order valence-electron chi connectivity index (χ3n) is 5.46. The van der Waals surface area contributed by atoms with Crippen LogP contribution in [0.4, 0.5) is 0 Å². The van der Waals surface area contributed by atoms with E-state index < -0.39 is 0 Å². The third-order valence-corrected chi connectivity index (χ3v) is 5.46. The van der Waals surface area contributed by atoms with Crippen molar-refractivity contribution in [2.24, 2.45) is 11.8 Å². The highest BCUT2D eigenvalue weighted by molar-refractivity contribution is 5.30. The molecule has 0 spiro atoms. The SMILES string of the molecule is CCc1cccc(C(C)(C)C2CCCC(CC)C2)c1. The highest BCUT2D eigenvalue weighted by Crippen LogP contribution is 2.43. The molecule has 2 unspecified atom stereocenters. The number of rotatable bonds is 4. The molecule has 1 saturated carbocycles. The molecular weight excluding hydrogens is 228 g/mol. The van der Waals surface area contributed by atoms with Gasteiger partial charge in [0.1, 0.15) is 0 Å². The van der Waals surface area contributed by atoms with E-state index in [-0.39, 0.29) is 0 Å². The average Bonchev–Trinajstić information content (AvgIpc) is 2.47. The second kappa shape index (κ2) is 6.11. The molecule has 0 radical (unpaired) electrons. The van der Waals surface area contributed by atoms with Crippen molar-refractivity contribution in [1.29, 1.82) is 0 Å². The van der Waals surface area contributed by atoms with Gasteiger partial charge in [-0.2, -0.15) is 0 Å². The minimum atomic E-state index is 0.332. The fraction of sp³-hybridized carbons (Fsp3) is 0.684. The van der Waals surface area contributed by atoms with Crippen LogP contribution in [0.2, 0.25) is 0 Å². The Morgan fingerprint density at radius 1 is 1.16 bits per heavy atom. The number of benzene rings is 1. The van der Waals surface area contributed by atoms with E-state index in [4.69, 9.17) is 0 Å². The van der Waals surface area contributed by atoms with E-state index in [0.717, 1.165) is 18.3 Å². The molecule has 2 atom stereocenters. The Labute approximate surface area is 119 Å². The van der Waals surface area contributed by atoms with Crippen LogP contribution >= 0.6 is 0 Å². The van der Waals surface area contributed by atoms with E-state index in [1.807, 2.05) is 0 Å². The molecular formula is C19H30. The van der Waals surface area contributed by atoms with E-state index in [1.54, 1.807) is 5.56 Å². The summed E-state index contributed by atoms with van der Waals surface area (Å²) in [5.41, 5.74) is 3.36. The molecule has 0 nitrogen and oxygen atoms in total. The van der Waals surface area contributed by atoms with Crippen LogP contribution in [-0.2, 0) is 11.8 Å². The van der Waals surface area contributed by atoms with Gasteiger partial charge in [0, 0.05) is 0 Å². The first-order chi connectivity index (χ1) is 9.07. The lowest BCUT2D eigenvalue weighted by molar-refractivity contribution is 0.182. The fourth-order valence-electron chi connectivity index (χ4n) is 3.74. The molecule has 19 heavy (non-hydrogen) atoms. The first kappa shape index (κ1) is 14.6. The maximum atomic E-state index is 2.46. The van der Waals surface area contributed by atoms with Gasteiger partial charge in [-0.25, -0.2) is 0 Å². The van der Waals surface area contributed by atoms with E-state index >= 15 is 0 Å². The van der Waals surface area contributed by atoms with E-state index in [9.17, 15) is 0 Å². The van der Waals surface area contributed by atoms with Gasteiger partial charge in [0.15, 0.2) is 0 Å². The molecule has 1 aromatic carbocycles. The van der Waals surface area contributed by atoms with Gasteiger partial charge in [0.2, 0.25) is 0 Å². The predicted octanol–water partition coefficient (Wildman–Crippen LogP) is 5.74. The third kappa shape index (κ3) is 3.22. The molecule has 2 rings (SSSR count). The lowest BCUT2D eigenvalue weighted by Gasteiger charge is -2.40. The van der Waals surface area contributed by atoms with Gasteiger partial charge in [-0.15, -0.1) is 0 Å². The van der Waals surface area contributed by atoms with Crippen molar-refractivity contribution in [3.63, 3.8) is 0 Å². The molecule has 1 aromatic rings. The van der Waals surface area contributed by atoms with Gasteiger partial charge in [-0.1, -0.05) is 71.2 Å². The smallest absolute Gasteiger partial charge is 0.00751 e. The van der Waals surface area contributed by atoms with Crippen molar-refractivity contribution < 1.29 is 0 Å². The van der Waals surface area contributed by atoms with Crippen LogP contribution in [0, 0.1) is 11.8 Å². The molecule has 1 fully saturated rings. The summed E-state index contributed by atoms with van der Waals surface area (Å²) in [5, 5.41) is 0. The normalized spacial score (nSPS) is 24.4. The summed E-state index contributed by atoms with van der Waals surface area (Å²) in [6.45, 7) is 9.53. The zero-order valence-corrected chi connectivity index (χ0v) is 13.2. The Kier molecular flexibility index (Phi) is 4.71. The Balaban J connectivity index is 2.20. The monoisotopic (exact) mass is 258 g/mol. The molecule has 106 valence electrons. The Hall–Kier alpha value is -0.780. The highest BCUT2D eigenvalue weighted by atomic mass is 14.4. The maximum absolute atomic E-state index is 2.46. The van der Waals surface area contributed by atoms with Crippen LogP contribution < -0.4 is 0 Å². The zero-order chi connectivity index (χ0) is 13.9. The fourth-order valence-corrected chi connectivity index (χ4v) is 3.74. The number of hydrogen-bond donors (Lipinski definition) is 0.